The van der Waals surface area contributed by atoms with E-state index in [1.54, 1.807) is 11.3 Å². The summed E-state index contributed by atoms with van der Waals surface area (Å²) in [5.41, 5.74) is 3.45. The molecule has 0 spiro atoms. The van der Waals surface area contributed by atoms with Crippen LogP contribution in [0, 0.1) is 5.41 Å². The van der Waals surface area contributed by atoms with Gasteiger partial charge in [0.1, 0.15) is 0 Å². The molecule has 2 rings (SSSR count). The molecule has 1 N–H and O–H groups in total. The maximum atomic E-state index is 5.54. The second-order valence-corrected chi connectivity index (χ2v) is 6.26. The van der Waals surface area contributed by atoms with Crippen LogP contribution in [0.15, 0.2) is 10.9 Å². The van der Waals surface area contributed by atoms with E-state index in [-0.39, 0.29) is 0 Å². The number of ether oxygens (including phenoxy) is 1. The summed E-state index contributed by atoms with van der Waals surface area (Å²) in [6.45, 7) is 8.16. The number of rotatable bonds is 7. The largest absolute Gasteiger partial charge is 0.381 e. The third kappa shape index (κ3) is 4.53. The number of nitrogens with one attached hydrogen (secondary N) is 1. The minimum atomic E-state index is 0.360. The summed E-state index contributed by atoms with van der Waals surface area (Å²) in [6.07, 6.45) is 2.31. The molecule has 2 heterocycles. The molecule has 0 radical (unpaired) electrons. The predicted molar refractivity (Wildman–Crippen MR) is 79.5 cm³/mol. The quantitative estimate of drug-likeness (QED) is 0.830. The van der Waals surface area contributed by atoms with Gasteiger partial charge in [-0.25, -0.2) is 4.98 Å². The molecule has 19 heavy (non-hydrogen) atoms. The van der Waals surface area contributed by atoms with Crippen LogP contribution in [-0.2, 0) is 11.3 Å². The molecule has 0 unspecified atom stereocenters. The summed E-state index contributed by atoms with van der Waals surface area (Å²) in [5, 5.41) is 5.66. The summed E-state index contributed by atoms with van der Waals surface area (Å²) in [5.74, 6) is 0. The van der Waals surface area contributed by atoms with Crippen LogP contribution in [0.4, 0.5) is 0 Å². The summed E-state index contributed by atoms with van der Waals surface area (Å²) in [7, 11) is 2.20. The van der Waals surface area contributed by atoms with Gasteiger partial charge in [0, 0.05) is 38.2 Å². The lowest BCUT2D eigenvalue weighted by Gasteiger charge is -2.40. The molecule has 1 aromatic heterocycles. The average molecular weight is 283 g/mol. The molecule has 108 valence electrons. The van der Waals surface area contributed by atoms with E-state index in [4.69, 9.17) is 4.74 Å². The Balaban J connectivity index is 1.90. The molecule has 5 heteroatoms. The van der Waals surface area contributed by atoms with E-state index in [1.165, 1.54) is 5.69 Å². The van der Waals surface area contributed by atoms with Crippen molar-refractivity contribution >= 4 is 11.3 Å². The number of aromatic nitrogens is 1. The third-order valence-corrected chi connectivity index (χ3v) is 4.46. The Morgan fingerprint density at radius 3 is 2.89 bits per heavy atom. The van der Waals surface area contributed by atoms with Gasteiger partial charge in [-0.1, -0.05) is 6.92 Å². The first-order valence-corrected chi connectivity index (χ1v) is 8.02. The van der Waals surface area contributed by atoms with Gasteiger partial charge < -0.3 is 10.1 Å². The highest BCUT2D eigenvalue weighted by Gasteiger charge is 2.33. The zero-order valence-corrected chi connectivity index (χ0v) is 12.8. The van der Waals surface area contributed by atoms with E-state index in [1.807, 2.05) is 5.51 Å². The highest BCUT2D eigenvalue weighted by Crippen LogP contribution is 2.31. The van der Waals surface area contributed by atoms with E-state index >= 15 is 0 Å². The van der Waals surface area contributed by atoms with Gasteiger partial charge in [0.25, 0.3) is 0 Å². The van der Waals surface area contributed by atoms with Crippen molar-refractivity contribution in [3.05, 3.63) is 16.6 Å². The molecule has 1 saturated heterocycles. The van der Waals surface area contributed by atoms with Crippen LogP contribution in [0.25, 0.3) is 0 Å². The zero-order valence-electron chi connectivity index (χ0n) is 12.0. The van der Waals surface area contributed by atoms with E-state index in [0.29, 0.717) is 5.41 Å². The van der Waals surface area contributed by atoms with Gasteiger partial charge in [-0.05, 0) is 31.8 Å². The van der Waals surface area contributed by atoms with E-state index in [2.05, 4.69) is 34.6 Å². The molecule has 1 aromatic rings. The molecule has 0 amide bonds. The van der Waals surface area contributed by atoms with Crippen molar-refractivity contribution in [3.63, 3.8) is 0 Å². The van der Waals surface area contributed by atoms with Crippen LogP contribution in [0.1, 0.15) is 25.5 Å². The number of hydrogen-bond donors (Lipinski definition) is 1. The van der Waals surface area contributed by atoms with Gasteiger partial charge in [-0.15, -0.1) is 11.3 Å². The summed E-state index contributed by atoms with van der Waals surface area (Å²) < 4.78 is 5.54. The lowest BCUT2D eigenvalue weighted by molar-refractivity contribution is -0.00151. The Morgan fingerprint density at radius 1 is 1.47 bits per heavy atom. The van der Waals surface area contributed by atoms with Crippen LogP contribution in [-0.4, -0.2) is 49.8 Å². The van der Waals surface area contributed by atoms with Crippen molar-refractivity contribution in [1.29, 1.82) is 0 Å². The summed E-state index contributed by atoms with van der Waals surface area (Å²) in [4.78, 5) is 6.77. The van der Waals surface area contributed by atoms with E-state index < -0.39 is 0 Å². The molecule has 0 atom stereocenters. The fraction of sp³-hybridized carbons (Fsp3) is 0.786. The minimum absolute atomic E-state index is 0.360. The second-order valence-electron chi connectivity index (χ2n) is 5.54. The van der Waals surface area contributed by atoms with Crippen molar-refractivity contribution in [2.75, 3.05) is 39.9 Å². The smallest absolute Gasteiger partial charge is 0.0795 e. The first kappa shape index (κ1) is 14.9. The van der Waals surface area contributed by atoms with Gasteiger partial charge in [-0.2, -0.15) is 0 Å². The van der Waals surface area contributed by atoms with Gasteiger partial charge in [-0.3, -0.25) is 4.90 Å². The normalized spacial score (nSPS) is 18.9. The topological polar surface area (TPSA) is 37.4 Å². The fourth-order valence-electron chi connectivity index (χ4n) is 2.81. The van der Waals surface area contributed by atoms with Gasteiger partial charge >= 0.3 is 0 Å². The molecular weight excluding hydrogens is 258 g/mol. The molecule has 1 fully saturated rings. The SMILES string of the molecule is CCNCC1(CN(C)Cc2cscn2)CCOCC1. The maximum absolute atomic E-state index is 5.54. The van der Waals surface area contributed by atoms with Gasteiger partial charge in [0.05, 0.1) is 11.2 Å². The van der Waals surface area contributed by atoms with Crippen molar-refractivity contribution in [1.82, 2.24) is 15.2 Å². The summed E-state index contributed by atoms with van der Waals surface area (Å²) in [6, 6.07) is 0. The Labute approximate surface area is 120 Å². The third-order valence-electron chi connectivity index (χ3n) is 3.82. The molecule has 0 bridgehead atoms. The minimum Gasteiger partial charge on any atom is -0.381 e. The number of hydrogen-bond acceptors (Lipinski definition) is 5. The van der Waals surface area contributed by atoms with Crippen LogP contribution in [0.2, 0.25) is 0 Å². The van der Waals surface area contributed by atoms with Crippen LogP contribution in [0.3, 0.4) is 0 Å². The van der Waals surface area contributed by atoms with Crippen molar-refractivity contribution in [2.24, 2.45) is 5.41 Å². The Kier molecular flexibility index (Phi) is 5.76. The standard InChI is InChI=1S/C14H25N3OS/c1-3-15-10-14(4-6-18-7-5-14)11-17(2)8-13-9-19-12-16-13/h9,12,15H,3-8,10-11H2,1-2H3. The molecule has 0 aromatic carbocycles. The Morgan fingerprint density at radius 2 is 2.26 bits per heavy atom. The summed E-state index contributed by atoms with van der Waals surface area (Å²) >= 11 is 1.67. The Bertz CT molecular complexity index is 350. The first-order valence-electron chi connectivity index (χ1n) is 7.08. The Hall–Kier alpha value is -0.490. The van der Waals surface area contributed by atoms with Crippen LogP contribution in [0.5, 0.6) is 0 Å². The molecule has 4 nitrogen and oxygen atoms in total. The molecule has 0 saturated carbocycles. The number of thiazole rings is 1. The lowest BCUT2D eigenvalue weighted by atomic mass is 9.79. The van der Waals surface area contributed by atoms with Crippen LogP contribution < -0.4 is 5.32 Å². The van der Waals surface area contributed by atoms with Crippen molar-refractivity contribution in [2.45, 2.75) is 26.3 Å². The maximum Gasteiger partial charge on any atom is 0.0795 e. The number of nitrogens with zero attached hydrogens (tertiary/aromatic N) is 2. The average Bonchev–Trinajstić information content (AvgIpc) is 2.90. The fourth-order valence-corrected chi connectivity index (χ4v) is 3.36. The predicted octanol–water partition coefficient (Wildman–Crippen LogP) is 1.98. The first-order chi connectivity index (χ1) is 9.24. The molecular formula is C14H25N3OS. The van der Waals surface area contributed by atoms with Gasteiger partial charge in [0.2, 0.25) is 0 Å². The molecule has 1 aliphatic rings. The monoisotopic (exact) mass is 283 g/mol. The lowest BCUT2D eigenvalue weighted by Crippen LogP contribution is -2.46. The highest BCUT2D eigenvalue weighted by molar-refractivity contribution is 7.07. The zero-order chi connectivity index (χ0) is 13.6. The van der Waals surface area contributed by atoms with Crippen LogP contribution >= 0.6 is 11.3 Å². The van der Waals surface area contributed by atoms with Crippen molar-refractivity contribution < 1.29 is 4.74 Å². The second kappa shape index (κ2) is 7.33. The molecule has 1 aliphatic heterocycles. The van der Waals surface area contributed by atoms with E-state index in [0.717, 1.165) is 52.2 Å². The molecule has 0 aliphatic carbocycles. The van der Waals surface area contributed by atoms with Gasteiger partial charge in [0.15, 0.2) is 0 Å². The highest BCUT2D eigenvalue weighted by atomic mass is 32.1. The van der Waals surface area contributed by atoms with Crippen molar-refractivity contribution in [3.8, 4) is 0 Å². The van der Waals surface area contributed by atoms with E-state index in [9.17, 15) is 0 Å².